The van der Waals surface area contributed by atoms with Gasteiger partial charge in [0.05, 0.1) is 0 Å². The summed E-state index contributed by atoms with van der Waals surface area (Å²) in [7, 11) is 1.58. The van der Waals surface area contributed by atoms with Crippen molar-refractivity contribution in [2.75, 3.05) is 6.54 Å². The summed E-state index contributed by atoms with van der Waals surface area (Å²) in [6, 6.07) is -1.56. The lowest BCUT2D eigenvalue weighted by Crippen LogP contribution is -2.44. The molecule has 0 fully saturated rings. The first kappa shape index (κ1) is 13.0. The number of halogens is 3. The Labute approximate surface area is 91.9 Å². The van der Waals surface area contributed by atoms with Gasteiger partial charge in [0.1, 0.15) is 18.2 Å². The largest absolute Gasteiger partial charge is 0.404 e. The van der Waals surface area contributed by atoms with Crippen molar-refractivity contribution in [2.45, 2.75) is 32.0 Å². The van der Waals surface area contributed by atoms with Crippen LogP contribution in [-0.2, 0) is 13.5 Å². The SMILES string of the molecule is CCCNC(Cc1ncnn1C)C(F)(F)F. The summed E-state index contributed by atoms with van der Waals surface area (Å²) in [6.07, 6.45) is -2.55. The van der Waals surface area contributed by atoms with Crippen LogP contribution in [0.5, 0.6) is 0 Å². The van der Waals surface area contributed by atoms with Crippen LogP contribution in [0.2, 0.25) is 0 Å². The van der Waals surface area contributed by atoms with Crippen LogP contribution < -0.4 is 5.32 Å². The summed E-state index contributed by atoms with van der Waals surface area (Å²) in [5, 5.41) is 6.21. The first-order chi connectivity index (χ1) is 7.45. The fourth-order valence-corrected chi connectivity index (χ4v) is 1.31. The Bertz CT molecular complexity index is 321. The van der Waals surface area contributed by atoms with Gasteiger partial charge in [0.2, 0.25) is 0 Å². The number of hydrogen-bond donors (Lipinski definition) is 1. The number of aryl methyl sites for hydroxylation is 1. The molecule has 16 heavy (non-hydrogen) atoms. The Hall–Kier alpha value is -1.11. The molecule has 0 radical (unpaired) electrons. The second-order valence-electron chi connectivity index (χ2n) is 3.55. The van der Waals surface area contributed by atoms with E-state index in [0.29, 0.717) is 18.8 Å². The highest BCUT2D eigenvalue weighted by Gasteiger charge is 2.39. The molecule has 0 aliphatic heterocycles. The summed E-state index contributed by atoms with van der Waals surface area (Å²) in [5.41, 5.74) is 0. The van der Waals surface area contributed by atoms with E-state index in [2.05, 4.69) is 15.4 Å². The smallest absolute Gasteiger partial charge is 0.306 e. The van der Waals surface area contributed by atoms with Gasteiger partial charge >= 0.3 is 6.18 Å². The molecule has 1 N–H and O–H groups in total. The molecule has 0 bridgehead atoms. The van der Waals surface area contributed by atoms with Crippen LogP contribution in [0.25, 0.3) is 0 Å². The maximum atomic E-state index is 12.6. The monoisotopic (exact) mass is 236 g/mol. The van der Waals surface area contributed by atoms with Gasteiger partial charge in [-0.2, -0.15) is 18.3 Å². The van der Waals surface area contributed by atoms with Gasteiger partial charge in [0, 0.05) is 13.5 Å². The number of nitrogens with one attached hydrogen (secondary N) is 1. The first-order valence-corrected chi connectivity index (χ1v) is 5.08. The highest BCUT2D eigenvalue weighted by molar-refractivity contribution is 4.91. The van der Waals surface area contributed by atoms with Crippen molar-refractivity contribution >= 4 is 0 Å². The van der Waals surface area contributed by atoms with E-state index in [-0.39, 0.29) is 6.42 Å². The minimum atomic E-state index is -4.26. The molecule has 1 atom stereocenters. The van der Waals surface area contributed by atoms with Gasteiger partial charge in [-0.1, -0.05) is 6.92 Å². The van der Waals surface area contributed by atoms with Gasteiger partial charge in [-0.05, 0) is 13.0 Å². The lowest BCUT2D eigenvalue weighted by atomic mass is 10.2. The predicted molar refractivity (Wildman–Crippen MR) is 52.8 cm³/mol. The lowest BCUT2D eigenvalue weighted by Gasteiger charge is -2.20. The Morgan fingerprint density at radius 3 is 2.62 bits per heavy atom. The van der Waals surface area contributed by atoms with Crippen molar-refractivity contribution in [1.29, 1.82) is 0 Å². The zero-order valence-electron chi connectivity index (χ0n) is 9.25. The molecular formula is C9H15F3N4. The number of alkyl halides is 3. The molecule has 1 aromatic heterocycles. The van der Waals surface area contributed by atoms with Gasteiger partial charge in [0.15, 0.2) is 0 Å². The van der Waals surface area contributed by atoms with Gasteiger partial charge in [-0.3, -0.25) is 4.68 Å². The normalized spacial score (nSPS) is 14.1. The molecule has 0 saturated heterocycles. The average Bonchev–Trinajstić information content (AvgIpc) is 2.57. The summed E-state index contributed by atoms with van der Waals surface area (Å²) in [5.74, 6) is 0.325. The van der Waals surface area contributed by atoms with Crippen molar-refractivity contribution in [3.8, 4) is 0 Å². The second-order valence-corrected chi connectivity index (χ2v) is 3.55. The van der Waals surface area contributed by atoms with E-state index in [1.54, 1.807) is 7.05 Å². The Balaban J connectivity index is 2.67. The lowest BCUT2D eigenvalue weighted by molar-refractivity contribution is -0.155. The molecule has 1 heterocycles. The fourth-order valence-electron chi connectivity index (χ4n) is 1.31. The van der Waals surface area contributed by atoms with Crippen molar-refractivity contribution < 1.29 is 13.2 Å². The molecule has 0 amide bonds. The fraction of sp³-hybridized carbons (Fsp3) is 0.778. The van der Waals surface area contributed by atoms with Crippen LogP contribution in [0.3, 0.4) is 0 Å². The minimum Gasteiger partial charge on any atom is -0.306 e. The number of aromatic nitrogens is 3. The molecule has 92 valence electrons. The summed E-state index contributed by atoms with van der Waals surface area (Å²) in [6.45, 7) is 2.16. The standard InChI is InChI=1S/C9H15F3N4/c1-3-4-13-7(9(10,11)12)5-8-14-6-15-16(8)2/h6-7,13H,3-5H2,1-2H3. The summed E-state index contributed by atoms with van der Waals surface area (Å²) in [4.78, 5) is 3.79. The van der Waals surface area contributed by atoms with Gasteiger partial charge in [-0.15, -0.1) is 0 Å². The third kappa shape index (κ3) is 3.48. The first-order valence-electron chi connectivity index (χ1n) is 5.08. The molecule has 1 unspecified atom stereocenters. The summed E-state index contributed by atoms with van der Waals surface area (Å²) >= 11 is 0. The van der Waals surface area contributed by atoms with Crippen LogP contribution in [0.1, 0.15) is 19.2 Å². The Morgan fingerprint density at radius 1 is 1.50 bits per heavy atom. The van der Waals surface area contributed by atoms with Crippen molar-refractivity contribution in [2.24, 2.45) is 7.05 Å². The van der Waals surface area contributed by atoms with E-state index in [4.69, 9.17) is 0 Å². The van der Waals surface area contributed by atoms with E-state index < -0.39 is 12.2 Å². The van der Waals surface area contributed by atoms with Crippen LogP contribution in [0, 0.1) is 0 Å². The predicted octanol–water partition coefficient (Wildman–Crippen LogP) is 1.29. The van der Waals surface area contributed by atoms with E-state index in [0.717, 1.165) is 0 Å². The van der Waals surface area contributed by atoms with Crippen LogP contribution in [0.15, 0.2) is 6.33 Å². The molecule has 1 aromatic rings. The van der Waals surface area contributed by atoms with E-state index >= 15 is 0 Å². The molecule has 1 rings (SSSR count). The van der Waals surface area contributed by atoms with Gasteiger partial charge < -0.3 is 5.32 Å². The molecular weight excluding hydrogens is 221 g/mol. The van der Waals surface area contributed by atoms with E-state index in [9.17, 15) is 13.2 Å². The number of rotatable bonds is 5. The van der Waals surface area contributed by atoms with Crippen molar-refractivity contribution in [3.05, 3.63) is 12.2 Å². The maximum Gasteiger partial charge on any atom is 0.404 e. The number of nitrogens with zero attached hydrogens (tertiary/aromatic N) is 3. The van der Waals surface area contributed by atoms with E-state index in [1.807, 2.05) is 6.92 Å². The molecule has 0 aliphatic carbocycles. The Kier molecular flexibility index (Phi) is 4.28. The highest BCUT2D eigenvalue weighted by atomic mass is 19.4. The summed E-state index contributed by atoms with van der Waals surface area (Å²) < 4.78 is 39.3. The zero-order chi connectivity index (χ0) is 12.2. The molecule has 0 aromatic carbocycles. The minimum absolute atomic E-state index is 0.194. The van der Waals surface area contributed by atoms with Crippen molar-refractivity contribution in [3.63, 3.8) is 0 Å². The third-order valence-corrected chi connectivity index (χ3v) is 2.23. The molecule has 7 heteroatoms. The molecule has 0 aliphatic rings. The number of hydrogen-bond acceptors (Lipinski definition) is 3. The van der Waals surface area contributed by atoms with Crippen LogP contribution >= 0.6 is 0 Å². The average molecular weight is 236 g/mol. The Morgan fingerprint density at radius 2 is 2.19 bits per heavy atom. The third-order valence-electron chi connectivity index (χ3n) is 2.23. The highest BCUT2D eigenvalue weighted by Crippen LogP contribution is 2.22. The topological polar surface area (TPSA) is 42.7 Å². The molecule has 0 spiro atoms. The van der Waals surface area contributed by atoms with E-state index in [1.165, 1.54) is 11.0 Å². The zero-order valence-corrected chi connectivity index (χ0v) is 9.25. The second kappa shape index (κ2) is 5.29. The van der Waals surface area contributed by atoms with Crippen LogP contribution in [0.4, 0.5) is 13.2 Å². The maximum absolute atomic E-state index is 12.6. The quantitative estimate of drug-likeness (QED) is 0.837. The molecule has 0 saturated carbocycles. The van der Waals surface area contributed by atoms with Gasteiger partial charge in [-0.25, -0.2) is 4.98 Å². The van der Waals surface area contributed by atoms with Crippen LogP contribution in [-0.4, -0.2) is 33.5 Å². The van der Waals surface area contributed by atoms with Gasteiger partial charge in [0.25, 0.3) is 0 Å². The molecule has 4 nitrogen and oxygen atoms in total. The van der Waals surface area contributed by atoms with Crippen molar-refractivity contribution in [1.82, 2.24) is 20.1 Å².